The van der Waals surface area contributed by atoms with Gasteiger partial charge in [-0.25, -0.2) is 0 Å². The summed E-state index contributed by atoms with van der Waals surface area (Å²) in [6.07, 6.45) is 6.29. The quantitative estimate of drug-likeness (QED) is 0.845. The van der Waals surface area contributed by atoms with Crippen LogP contribution in [0, 0.1) is 4.77 Å². The summed E-state index contributed by atoms with van der Waals surface area (Å²) < 4.78 is 7.77. The van der Waals surface area contributed by atoms with Gasteiger partial charge in [0.2, 0.25) is 0 Å². The zero-order chi connectivity index (χ0) is 16.4. The maximum Gasteiger partial charge on any atom is 0.252 e. The molecule has 1 aromatic carbocycles. The van der Waals surface area contributed by atoms with Gasteiger partial charge in [0.25, 0.3) is 5.56 Å². The number of hydrogen-bond acceptors (Lipinski definition) is 4. The number of fused-ring (bicyclic) bond motifs is 1. The number of aromatic amines is 1. The van der Waals surface area contributed by atoms with Crippen LogP contribution in [0.3, 0.4) is 0 Å². The number of H-pyrrole nitrogens is 1. The van der Waals surface area contributed by atoms with Crippen molar-refractivity contribution in [2.75, 3.05) is 13.7 Å². The summed E-state index contributed by atoms with van der Waals surface area (Å²) in [6, 6.07) is 5.65. The number of nitrogens with zero attached hydrogens (tertiary/aromatic N) is 1. The van der Waals surface area contributed by atoms with E-state index in [1.54, 1.807) is 13.2 Å². The van der Waals surface area contributed by atoms with Crippen molar-refractivity contribution < 1.29 is 4.74 Å². The maximum absolute atomic E-state index is 11.9. The van der Waals surface area contributed by atoms with Crippen LogP contribution in [0.25, 0.3) is 17.3 Å². The lowest BCUT2D eigenvalue weighted by Crippen LogP contribution is -2.19. The Bertz CT molecular complexity index is 880. The van der Waals surface area contributed by atoms with Crippen LogP contribution in [0.15, 0.2) is 29.1 Å². The third kappa shape index (κ3) is 3.00. The molecule has 23 heavy (non-hydrogen) atoms. The number of rotatable bonds is 4. The van der Waals surface area contributed by atoms with E-state index in [-0.39, 0.29) is 5.56 Å². The molecule has 0 spiro atoms. The molecule has 0 atom stereocenters. The molecule has 0 saturated carbocycles. The highest BCUT2D eigenvalue weighted by Crippen LogP contribution is 2.34. The largest absolute Gasteiger partial charge is 0.496 e. The molecule has 5 nitrogen and oxygen atoms in total. The van der Waals surface area contributed by atoms with E-state index < -0.39 is 0 Å². The molecule has 0 aliphatic heterocycles. The van der Waals surface area contributed by atoms with E-state index >= 15 is 0 Å². The van der Waals surface area contributed by atoms with Gasteiger partial charge >= 0.3 is 0 Å². The number of aromatic nitrogens is 2. The molecule has 0 saturated heterocycles. The summed E-state index contributed by atoms with van der Waals surface area (Å²) in [6.45, 7) is 0.960. The Balaban J connectivity index is 2.28. The lowest BCUT2D eigenvalue weighted by Gasteiger charge is -2.19. The van der Waals surface area contributed by atoms with Gasteiger partial charge < -0.3 is 15.0 Å². The predicted octanol–water partition coefficient (Wildman–Crippen LogP) is 2.50. The smallest absolute Gasteiger partial charge is 0.252 e. The minimum atomic E-state index is -0.228. The van der Waals surface area contributed by atoms with Crippen molar-refractivity contribution in [2.45, 2.75) is 19.4 Å². The maximum atomic E-state index is 11.9. The standard InChI is InChI=1S/C17H19N3O2S/c1-22-15-9-12-5-3-2-4-11(12)8-13(15)14-10-16(21)19-17(23)20(14)7-6-18/h2,4,8-10H,3,5-7,18H2,1H3,(H,19,21,23). The lowest BCUT2D eigenvalue weighted by molar-refractivity contribution is 0.415. The second kappa shape index (κ2) is 6.52. The molecule has 1 aromatic heterocycles. The van der Waals surface area contributed by atoms with Crippen molar-refractivity contribution in [1.29, 1.82) is 0 Å². The Morgan fingerprint density at radius 1 is 1.39 bits per heavy atom. The minimum Gasteiger partial charge on any atom is -0.496 e. The minimum absolute atomic E-state index is 0.228. The molecule has 2 aromatic rings. The molecule has 120 valence electrons. The van der Waals surface area contributed by atoms with Gasteiger partial charge in [0.15, 0.2) is 4.77 Å². The summed E-state index contributed by atoms with van der Waals surface area (Å²) in [4.78, 5) is 14.6. The van der Waals surface area contributed by atoms with Crippen molar-refractivity contribution in [3.05, 3.63) is 50.5 Å². The van der Waals surface area contributed by atoms with E-state index in [1.165, 1.54) is 5.56 Å². The summed E-state index contributed by atoms with van der Waals surface area (Å²) in [5, 5.41) is 0. The van der Waals surface area contributed by atoms with Crippen molar-refractivity contribution >= 4 is 18.3 Å². The van der Waals surface area contributed by atoms with Crippen LogP contribution in [0.5, 0.6) is 5.75 Å². The SMILES string of the molecule is COc1cc2c(cc1-c1cc(=O)[nH]c(=S)n1CCN)C=CCC2. The highest BCUT2D eigenvalue weighted by Gasteiger charge is 2.16. The molecule has 0 radical (unpaired) electrons. The molecule has 0 bridgehead atoms. The van der Waals surface area contributed by atoms with Gasteiger partial charge in [-0.1, -0.05) is 12.2 Å². The number of nitrogens with two attached hydrogens (primary N) is 1. The van der Waals surface area contributed by atoms with Crippen molar-refractivity contribution in [1.82, 2.24) is 9.55 Å². The number of allylic oxidation sites excluding steroid dienone is 1. The first-order valence-electron chi connectivity index (χ1n) is 7.56. The number of benzene rings is 1. The monoisotopic (exact) mass is 329 g/mol. The summed E-state index contributed by atoms with van der Waals surface area (Å²) in [7, 11) is 1.64. The molecule has 6 heteroatoms. The number of hydrogen-bond donors (Lipinski definition) is 2. The van der Waals surface area contributed by atoms with Crippen molar-refractivity contribution in [3.8, 4) is 17.0 Å². The van der Waals surface area contributed by atoms with E-state index in [0.29, 0.717) is 17.9 Å². The van der Waals surface area contributed by atoms with Crippen LogP contribution in [0.1, 0.15) is 17.5 Å². The molecule has 0 unspecified atom stereocenters. The van der Waals surface area contributed by atoms with E-state index in [1.807, 2.05) is 10.6 Å². The number of methoxy groups -OCH3 is 1. The van der Waals surface area contributed by atoms with Gasteiger partial charge in [-0.15, -0.1) is 0 Å². The second-order valence-corrected chi connectivity index (χ2v) is 5.84. The normalized spacial score (nSPS) is 13.0. The first-order chi connectivity index (χ1) is 11.1. The van der Waals surface area contributed by atoms with Gasteiger partial charge in [0, 0.05) is 24.7 Å². The van der Waals surface area contributed by atoms with E-state index in [4.69, 9.17) is 22.7 Å². The zero-order valence-electron chi connectivity index (χ0n) is 13.0. The van der Waals surface area contributed by atoms with Gasteiger partial charge in [-0.2, -0.15) is 0 Å². The van der Waals surface area contributed by atoms with Crippen LogP contribution >= 0.6 is 12.2 Å². The Hall–Kier alpha value is -2.18. The van der Waals surface area contributed by atoms with E-state index in [0.717, 1.165) is 35.4 Å². The van der Waals surface area contributed by atoms with Gasteiger partial charge in [0.1, 0.15) is 5.75 Å². The molecular weight excluding hydrogens is 310 g/mol. The molecular formula is C17H19N3O2S. The topological polar surface area (TPSA) is 73.0 Å². The molecule has 3 rings (SSSR count). The Labute approximate surface area is 139 Å². The lowest BCUT2D eigenvalue weighted by atomic mass is 9.93. The summed E-state index contributed by atoms with van der Waals surface area (Å²) in [5.74, 6) is 0.741. The van der Waals surface area contributed by atoms with Gasteiger partial charge in [-0.3, -0.25) is 9.78 Å². The average molecular weight is 329 g/mol. The Morgan fingerprint density at radius 2 is 2.22 bits per heavy atom. The van der Waals surface area contributed by atoms with Crippen molar-refractivity contribution in [2.24, 2.45) is 5.73 Å². The average Bonchev–Trinajstić information content (AvgIpc) is 2.56. The third-order valence-corrected chi connectivity index (χ3v) is 4.32. The number of aryl methyl sites for hydroxylation is 1. The number of nitrogens with one attached hydrogen (secondary N) is 1. The van der Waals surface area contributed by atoms with Crippen LogP contribution in [-0.2, 0) is 13.0 Å². The summed E-state index contributed by atoms with van der Waals surface area (Å²) in [5.41, 5.74) is 9.44. The van der Waals surface area contributed by atoms with E-state index in [2.05, 4.69) is 23.2 Å². The Morgan fingerprint density at radius 3 is 2.96 bits per heavy atom. The van der Waals surface area contributed by atoms with E-state index in [9.17, 15) is 4.79 Å². The molecule has 1 heterocycles. The number of ether oxygens (including phenoxy) is 1. The highest BCUT2D eigenvalue weighted by atomic mass is 32.1. The Kier molecular flexibility index (Phi) is 4.45. The summed E-state index contributed by atoms with van der Waals surface area (Å²) >= 11 is 5.29. The van der Waals surface area contributed by atoms with Gasteiger partial charge in [-0.05, 0) is 48.3 Å². The fourth-order valence-corrected chi connectivity index (χ4v) is 3.21. The molecule has 1 aliphatic rings. The predicted molar refractivity (Wildman–Crippen MR) is 94.3 cm³/mol. The van der Waals surface area contributed by atoms with Gasteiger partial charge in [0.05, 0.1) is 12.8 Å². The van der Waals surface area contributed by atoms with Crippen LogP contribution in [-0.4, -0.2) is 23.2 Å². The fourth-order valence-electron chi connectivity index (χ4n) is 2.92. The highest BCUT2D eigenvalue weighted by molar-refractivity contribution is 7.71. The van der Waals surface area contributed by atoms with Crippen LogP contribution < -0.4 is 16.0 Å². The third-order valence-electron chi connectivity index (χ3n) is 4.00. The first kappa shape index (κ1) is 15.7. The van der Waals surface area contributed by atoms with Crippen LogP contribution in [0.4, 0.5) is 0 Å². The molecule has 1 aliphatic carbocycles. The first-order valence-corrected chi connectivity index (χ1v) is 7.97. The van der Waals surface area contributed by atoms with Crippen molar-refractivity contribution in [3.63, 3.8) is 0 Å². The van der Waals surface area contributed by atoms with Crippen LogP contribution in [0.2, 0.25) is 0 Å². The zero-order valence-corrected chi connectivity index (χ0v) is 13.8. The fraction of sp³-hybridized carbons (Fsp3) is 0.294. The molecule has 0 amide bonds. The molecule has 0 fully saturated rings. The second-order valence-electron chi connectivity index (χ2n) is 5.46. The molecule has 3 N–H and O–H groups in total.